The molecule has 2 aromatic heterocycles. The maximum atomic E-state index is 14.0. The van der Waals surface area contributed by atoms with E-state index in [1.165, 1.54) is 29.0 Å². The van der Waals surface area contributed by atoms with Gasteiger partial charge in [-0.25, -0.2) is 31.3 Å². The van der Waals surface area contributed by atoms with Crippen LogP contribution in [0.25, 0.3) is 16.6 Å². The lowest BCUT2D eigenvalue weighted by molar-refractivity contribution is -0.0435. The molecule has 1 unspecified atom stereocenters. The first-order valence-electron chi connectivity index (χ1n) is 22.8. The maximum absolute atomic E-state index is 14.0. The van der Waals surface area contributed by atoms with E-state index < -0.39 is 52.8 Å². The van der Waals surface area contributed by atoms with Gasteiger partial charge in [0.05, 0.1) is 22.3 Å². The fraction of sp³-hybridized carbons (Fsp3) is 0.396. The van der Waals surface area contributed by atoms with Gasteiger partial charge in [-0.15, -0.1) is 0 Å². The first kappa shape index (κ1) is 50.5. The molecule has 3 aliphatic rings. The number of carbonyl (C=O) groups excluding carboxylic acids is 1. The highest BCUT2D eigenvalue weighted by atomic mass is 35.5. The quantitative estimate of drug-likeness (QED) is 0.0590. The summed E-state index contributed by atoms with van der Waals surface area (Å²) in [6, 6.07) is 18.0. The zero-order valence-corrected chi connectivity index (χ0v) is 40.9. The van der Waals surface area contributed by atoms with Crippen molar-refractivity contribution in [2.24, 2.45) is 5.41 Å². The van der Waals surface area contributed by atoms with Crippen LogP contribution in [0.15, 0.2) is 101 Å². The number of likely N-dealkylation sites (tertiary alicyclic amines) is 1. The van der Waals surface area contributed by atoms with Crippen molar-refractivity contribution in [3.8, 4) is 11.5 Å². The number of halogens is 4. The summed E-state index contributed by atoms with van der Waals surface area (Å²) >= 11 is 6.23. The Morgan fingerprint density at radius 3 is 2.44 bits per heavy atom. The Bertz CT molecular complexity index is 3020. The molecule has 0 spiro atoms. The average Bonchev–Trinajstić information content (AvgIpc) is 3.97. The summed E-state index contributed by atoms with van der Waals surface area (Å²) < 4.78 is 104. The standard InChI is InChI=1S/C48H54ClF3N8O8S2/c1-47(2)15-12-33(40(27-47)31-4-6-34(49)7-5-31)29-59-20-22-60(23-21-59)36-8-10-39(42(25-36)68-37-24-32-13-17-54-44(32)55-28-37)45(61)57-70(66,67)38-9-11-41(43(26-38)69(64,65)48(50,51)52)53-16-3-18-58-19-14-35(30-58)56-46(62)63/h4-11,13,17,24-26,28,35,53,56H,3,12,14-16,18-23,27,29-30H2,1-2H3,(H,54,55)(H,57,61)(H,62,63). The first-order valence-corrected chi connectivity index (χ1v) is 26.2. The molecule has 1 aliphatic carbocycles. The number of rotatable bonds is 16. The van der Waals surface area contributed by atoms with E-state index in [-0.39, 0.29) is 35.1 Å². The summed E-state index contributed by atoms with van der Waals surface area (Å²) in [7, 11) is -11.1. The van der Waals surface area contributed by atoms with Gasteiger partial charge >= 0.3 is 11.6 Å². The summed E-state index contributed by atoms with van der Waals surface area (Å²) in [5, 5.41) is 15.5. The molecular weight excluding hydrogens is 973 g/mol. The second kappa shape index (κ2) is 20.5. The minimum Gasteiger partial charge on any atom is -0.465 e. The molecule has 4 heterocycles. The lowest BCUT2D eigenvalue weighted by atomic mass is 9.72. The van der Waals surface area contributed by atoms with Crippen LogP contribution in [0.1, 0.15) is 61.9 Å². The van der Waals surface area contributed by atoms with Gasteiger partial charge in [0.2, 0.25) is 0 Å². The lowest BCUT2D eigenvalue weighted by Gasteiger charge is -2.39. The van der Waals surface area contributed by atoms with Crippen LogP contribution in [0.5, 0.6) is 11.5 Å². The monoisotopic (exact) mass is 1030 g/mol. The van der Waals surface area contributed by atoms with Gasteiger partial charge in [0.15, 0.2) is 0 Å². The third-order valence-electron chi connectivity index (χ3n) is 13.0. The van der Waals surface area contributed by atoms with E-state index in [4.69, 9.17) is 21.4 Å². The Hall–Kier alpha value is -5.87. The van der Waals surface area contributed by atoms with Crippen molar-refractivity contribution < 1.29 is 49.4 Å². The molecule has 2 aliphatic heterocycles. The molecule has 16 nitrogen and oxygen atoms in total. The van der Waals surface area contributed by atoms with E-state index >= 15 is 0 Å². The van der Waals surface area contributed by atoms with Crippen molar-refractivity contribution in [3.63, 3.8) is 0 Å². The summed E-state index contributed by atoms with van der Waals surface area (Å²) in [6.07, 6.45) is 5.92. The highest BCUT2D eigenvalue weighted by Gasteiger charge is 2.48. The number of carbonyl (C=O) groups is 2. The van der Waals surface area contributed by atoms with Crippen LogP contribution in [0.4, 0.5) is 29.3 Å². The summed E-state index contributed by atoms with van der Waals surface area (Å²) in [5.74, 6) is -0.988. The first-order chi connectivity index (χ1) is 33.1. The molecule has 3 aromatic carbocycles. The van der Waals surface area contributed by atoms with Gasteiger partial charge < -0.3 is 35.3 Å². The fourth-order valence-electron chi connectivity index (χ4n) is 9.23. The number of piperazine rings is 1. The number of aromatic amines is 1. The Balaban J connectivity index is 0.998. The van der Waals surface area contributed by atoms with E-state index in [1.54, 1.807) is 30.5 Å². The molecule has 2 saturated heterocycles. The number of ether oxygens (including phenoxy) is 1. The number of alkyl halides is 3. The van der Waals surface area contributed by atoms with Gasteiger partial charge in [-0.3, -0.25) is 9.69 Å². The molecule has 0 radical (unpaired) electrons. The van der Waals surface area contributed by atoms with Gasteiger partial charge in [0, 0.05) is 86.8 Å². The number of anilines is 2. The number of nitrogens with one attached hydrogen (secondary N) is 4. The van der Waals surface area contributed by atoms with Gasteiger partial charge in [-0.2, -0.15) is 13.2 Å². The third kappa shape index (κ3) is 11.8. The number of sulfone groups is 1. The van der Waals surface area contributed by atoms with Crippen LogP contribution >= 0.6 is 11.6 Å². The number of sulfonamides is 1. The van der Waals surface area contributed by atoms with Gasteiger partial charge in [-0.1, -0.05) is 43.2 Å². The molecule has 2 fully saturated rings. The Kier molecular flexibility index (Phi) is 14.8. The topological polar surface area (TPSA) is 206 Å². The smallest absolute Gasteiger partial charge is 0.465 e. The van der Waals surface area contributed by atoms with E-state index in [0.29, 0.717) is 73.4 Å². The summed E-state index contributed by atoms with van der Waals surface area (Å²) in [6.45, 7) is 9.58. The molecule has 5 aromatic rings. The van der Waals surface area contributed by atoms with Gasteiger partial charge in [0.25, 0.3) is 25.8 Å². The molecule has 2 amide bonds. The zero-order chi connectivity index (χ0) is 50.0. The highest BCUT2D eigenvalue weighted by molar-refractivity contribution is 7.92. The largest absolute Gasteiger partial charge is 0.501 e. The predicted molar refractivity (Wildman–Crippen MR) is 261 cm³/mol. The van der Waals surface area contributed by atoms with E-state index in [2.05, 4.69) is 56.4 Å². The van der Waals surface area contributed by atoms with Crippen molar-refractivity contribution in [2.45, 2.75) is 67.3 Å². The Morgan fingerprint density at radius 2 is 1.71 bits per heavy atom. The van der Waals surface area contributed by atoms with Crippen LogP contribution < -0.4 is 25.0 Å². The normalized spacial score (nSPS) is 18.3. The van der Waals surface area contributed by atoms with Crippen LogP contribution in [0, 0.1) is 5.41 Å². The molecule has 0 bridgehead atoms. The van der Waals surface area contributed by atoms with Crippen LogP contribution in [-0.2, 0) is 19.9 Å². The highest BCUT2D eigenvalue weighted by Crippen LogP contribution is 2.44. The summed E-state index contributed by atoms with van der Waals surface area (Å²) in [4.78, 5) is 36.6. The number of benzene rings is 3. The van der Waals surface area contributed by atoms with Crippen molar-refractivity contribution >= 4 is 71.4 Å². The van der Waals surface area contributed by atoms with E-state index in [0.717, 1.165) is 51.0 Å². The van der Waals surface area contributed by atoms with Crippen LogP contribution in [0.2, 0.25) is 5.02 Å². The number of allylic oxidation sites excluding steroid dienone is 1. The predicted octanol–water partition coefficient (Wildman–Crippen LogP) is 8.35. The number of carboxylic acid groups (broad SMARTS) is 1. The van der Waals surface area contributed by atoms with Crippen molar-refractivity contribution in [3.05, 3.63) is 107 Å². The third-order valence-corrected chi connectivity index (χ3v) is 16.1. The molecule has 22 heteroatoms. The number of hydrogen-bond acceptors (Lipinski definition) is 12. The van der Waals surface area contributed by atoms with Crippen molar-refractivity contribution in [2.75, 3.05) is 69.1 Å². The number of H-pyrrole nitrogens is 1. The van der Waals surface area contributed by atoms with Crippen molar-refractivity contribution in [1.29, 1.82) is 0 Å². The second-order valence-corrected chi connectivity index (χ2v) is 22.6. The molecule has 5 N–H and O–H groups in total. The van der Waals surface area contributed by atoms with Gasteiger partial charge in [0.1, 0.15) is 22.0 Å². The number of hydrogen-bond donors (Lipinski definition) is 5. The fourth-order valence-corrected chi connectivity index (χ4v) is 11.4. The lowest BCUT2D eigenvalue weighted by Crippen LogP contribution is -2.47. The maximum Gasteiger partial charge on any atom is 0.501 e. The molecule has 1 atom stereocenters. The number of aromatic nitrogens is 2. The SMILES string of the molecule is CC1(C)CCC(CN2CCN(c3ccc(C(=O)NS(=O)(=O)c4ccc(NCCCN5CCC(NC(=O)O)C5)c(S(=O)(=O)C(F)(F)F)c4)c(Oc4cnc5[nH]ccc5c4)c3)CC2)=C(c2ccc(Cl)cc2)C1. The van der Waals surface area contributed by atoms with E-state index in [1.807, 2.05) is 21.8 Å². The number of fused-ring (bicyclic) bond motifs is 1. The molecule has 0 saturated carbocycles. The van der Waals surface area contributed by atoms with E-state index in [9.17, 15) is 39.6 Å². The second-order valence-electron chi connectivity index (χ2n) is 18.6. The minimum absolute atomic E-state index is 0.000585. The van der Waals surface area contributed by atoms with Crippen LogP contribution in [0.3, 0.4) is 0 Å². The molecule has 8 rings (SSSR count). The minimum atomic E-state index is -6.10. The number of nitrogens with zero attached hydrogens (tertiary/aromatic N) is 4. The Morgan fingerprint density at radius 1 is 0.957 bits per heavy atom. The molecule has 70 heavy (non-hydrogen) atoms. The molecular formula is C48H54ClF3N8O8S2. The average molecular weight is 1030 g/mol. The molecule has 374 valence electrons. The number of pyridine rings is 1. The van der Waals surface area contributed by atoms with Crippen LogP contribution in [-0.4, -0.2) is 124 Å². The number of amides is 2. The van der Waals surface area contributed by atoms with Crippen molar-refractivity contribution in [1.82, 2.24) is 29.8 Å². The zero-order valence-electron chi connectivity index (χ0n) is 38.5. The Labute approximate surface area is 409 Å². The van der Waals surface area contributed by atoms with Gasteiger partial charge in [-0.05, 0) is 110 Å². The summed E-state index contributed by atoms with van der Waals surface area (Å²) in [5.41, 5.74) is -1.12.